The van der Waals surface area contributed by atoms with Crippen LogP contribution in [-0.2, 0) is 9.84 Å². The van der Waals surface area contributed by atoms with E-state index in [1.54, 1.807) is 0 Å². The van der Waals surface area contributed by atoms with E-state index in [4.69, 9.17) is 0 Å². The van der Waals surface area contributed by atoms with Crippen LogP contribution in [0.4, 0.5) is 0 Å². The molecule has 1 aliphatic rings. The lowest BCUT2D eigenvalue weighted by atomic mass is 9.85. The van der Waals surface area contributed by atoms with Crippen LogP contribution in [0.3, 0.4) is 0 Å². The van der Waals surface area contributed by atoms with Crippen LogP contribution >= 0.6 is 0 Å². The van der Waals surface area contributed by atoms with Crippen molar-refractivity contribution in [2.75, 3.05) is 12.8 Å². The monoisotopic (exact) mass is 311 g/mol. The molecule has 0 bridgehead atoms. The summed E-state index contributed by atoms with van der Waals surface area (Å²) in [5.41, 5.74) is -0.414. The molecule has 0 radical (unpaired) electrons. The van der Waals surface area contributed by atoms with Crippen LogP contribution in [0.1, 0.15) is 42.5 Å². The largest absolute Gasteiger partial charge is 0.388 e. The molecule has 5 nitrogen and oxygen atoms in total. The SMILES string of the molecule is CS(=O)(=O)c1ccc(C(=O)NCC2(O)CCCCC2)cc1. The van der Waals surface area contributed by atoms with E-state index in [0.29, 0.717) is 18.4 Å². The molecule has 1 aliphatic carbocycles. The van der Waals surface area contributed by atoms with Crippen LogP contribution in [0, 0.1) is 0 Å². The molecular formula is C15H21NO4S. The molecule has 1 aromatic rings. The van der Waals surface area contributed by atoms with Crippen LogP contribution in [0.15, 0.2) is 29.2 Å². The molecule has 116 valence electrons. The summed E-state index contributed by atoms with van der Waals surface area (Å²) >= 11 is 0. The molecule has 0 spiro atoms. The van der Waals surface area contributed by atoms with Gasteiger partial charge in [-0.25, -0.2) is 8.42 Å². The molecule has 6 heteroatoms. The number of aliphatic hydroxyl groups is 1. The van der Waals surface area contributed by atoms with Crippen LogP contribution in [0.25, 0.3) is 0 Å². The fraction of sp³-hybridized carbons (Fsp3) is 0.533. The van der Waals surface area contributed by atoms with E-state index in [1.807, 2.05) is 0 Å². The smallest absolute Gasteiger partial charge is 0.251 e. The van der Waals surface area contributed by atoms with Gasteiger partial charge in [-0.1, -0.05) is 19.3 Å². The van der Waals surface area contributed by atoms with Gasteiger partial charge < -0.3 is 10.4 Å². The summed E-state index contributed by atoms with van der Waals surface area (Å²) in [6, 6.07) is 5.80. The van der Waals surface area contributed by atoms with Crippen molar-refractivity contribution < 1.29 is 18.3 Å². The van der Waals surface area contributed by atoms with Crippen molar-refractivity contribution in [2.24, 2.45) is 0 Å². The van der Waals surface area contributed by atoms with Gasteiger partial charge in [-0.2, -0.15) is 0 Å². The summed E-state index contributed by atoms with van der Waals surface area (Å²) in [7, 11) is -3.26. The normalized spacial score (nSPS) is 18.2. The van der Waals surface area contributed by atoms with E-state index in [1.165, 1.54) is 24.3 Å². The van der Waals surface area contributed by atoms with E-state index >= 15 is 0 Å². The van der Waals surface area contributed by atoms with Gasteiger partial charge in [0.25, 0.3) is 5.91 Å². The summed E-state index contributed by atoms with van der Waals surface area (Å²) < 4.78 is 22.7. The predicted octanol–water partition coefficient (Wildman–Crippen LogP) is 1.52. The Balaban J connectivity index is 1.97. The molecule has 1 amide bonds. The number of benzene rings is 1. The Morgan fingerprint density at radius 3 is 2.29 bits per heavy atom. The number of amides is 1. The summed E-state index contributed by atoms with van der Waals surface area (Å²) in [6.45, 7) is 0.236. The van der Waals surface area contributed by atoms with Crippen molar-refractivity contribution in [1.82, 2.24) is 5.32 Å². The van der Waals surface area contributed by atoms with Crippen LogP contribution in [0.2, 0.25) is 0 Å². The molecule has 0 unspecified atom stereocenters. The Hall–Kier alpha value is -1.40. The fourth-order valence-electron chi connectivity index (χ4n) is 2.59. The minimum Gasteiger partial charge on any atom is -0.388 e. The zero-order valence-corrected chi connectivity index (χ0v) is 12.9. The molecule has 1 saturated carbocycles. The molecule has 0 aliphatic heterocycles. The summed E-state index contributed by atoms with van der Waals surface area (Å²) in [4.78, 5) is 12.2. The van der Waals surface area contributed by atoms with Gasteiger partial charge in [0, 0.05) is 18.4 Å². The first-order valence-corrected chi connectivity index (χ1v) is 9.00. The molecule has 0 atom stereocenters. The maximum absolute atomic E-state index is 12.0. The van der Waals surface area contributed by atoms with Gasteiger partial charge in [0.15, 0.2) is 9.84 Å². The number of carbonyl (C=O) groups excluding carboxylic acids is 1. The average Bonchev–Trinajstić information content (AvgIpc) is 2.45. The van der Waals surface area contributed by atoms with Crippen molar-refractivity contribution in [3.8, 4) is 0 Å². The van der Waals surface area contributed by atoms with Gasteiger partial charge in [-0.15, -0.1) is 0 Å². The highest BCUT2D eigenvalue weighted by molar-refractivity contribution is 7.90. The van der Waals surface area contributed by atoms with Gasteiger partial charge in [0.2, 0.25) is 0 Å². The number of hydrogen-bond donors (Lipinski definition) is 2. The fourth-order valence-corrected chi connectivity index (χ4v) is 3.22. The highest BCUT2D eigenvalue weighted by Crippen LogP contribution is 2.27. The van der Waals surface area contributed by atoms with Crippen molar-refractivity contribution >= 4 is 15.7 Å². The first kappa shape index (κ1) is 16.0. The van der Waals surface area contributed by atoms with Gasteiger partial charge in [0.1, 0.15) is 0 Å². The lowest BCUT2D eigenvalue weighted by Gasteiger charge is -2.32. The Kier molecular flexibility index (Phi) is 4.68. The maximum Gasteiger partial charge on any atom is 0.251 e. The quantitative estimate of drug-likeness (QED) is 0.883. The molecule has 1 aromatic carbocycles. The van der Waals surface area contributed by atoms with Crippen molar-refractivity contribution in [1.29, 1.82) is 0 Å². The number of sulfone groups is 1. The van der Waals surface area contributed by atoms with Crippen molar-refractivity contribution in [3.63, 3.8) is 0 Å². The summed E-state index contributed by atoms with van der Waals surface area (Å²) in [6.07, 6.45) is 5.63. The lowest BCUT2D eigenvalue weighted by Crippen LogP contribution is -2.44. The molecular weight excluding hydrogens is 290 g/mol. The van der Waals surface area contributed by atoms with Crippen LogP contribution in [0.5, 0.6) is 0 Å². The van der Waals surface area contributed by atoms with Crippen molar-refractivity contribution in [2.45, 2.75) is 42.6 Å². The second-order valence-corrected chi connectivity index (χ2v) is 7.78. The van der Waals surface area contributed by atoms with Gasteiger partial charge in [-0.3, -0.25) is 4.79 Å². The van der Waals surface area contributed by atoms with Crippen LogP contribution in [-0.4, -0.2) is 37.8 Å². The summed E-state index contributed by atoms with van der Waals surface area (Å²) in [5, 5.41) is 13.1. The zero-order valence-electron chi connectivity index (χ0n) is 12.1. The molecule has 0 saturated heterocycles. The minimum atomic E-state index is -3.26. The minimum absolute atomic E-state index is 0.185. The Morgan fingerprint density at radius 2 is 1.76 bits per heavy atom. The molecule has 2 rings (SSSR count). The zero-order chi connectivity index (χ0) is 15.5. The number of rotatable bonds is 4. The highest BCUT2D eigenvalue weighted by atomic mass is 32.2. The molecule has 2 N–H and O–H groups in total. The highest BCUT2D eigenvalue weighted by Gasteiger charge is 2.29. The first-order chi connectivity index (χ1) is 9.80. The van der Waals surface area contributed by atoms with E-state index in [0.717, 1.165) is 25.5 Å². The number of hydrogen-bond acceptors (Lipinski definition) is 4. The topological polar surface area (TPSA) is 83.5 Å². The second kappa shape index (κ2) is 6.15. The average molecular weight is 311 g/mol. The number of nitrogens with one attached hydrogen (secondary N) is 1. The third-order valence-electron chi connectivity index (χ3n) is 3.91. The maximum atomic E-state index is 12.0. The Labute approximate surface area is 125 Å². The van der Waals surface area contributed by atoms with Gasteiger partial charge in [0.05, 0.1) is 10.5 Å². The third kappa shape index (κ3) is 4.28. The second-order valence-electron chi connectivity index (χ2n) is 5.76. The van der Waals surface area contributed by atoms with E-state index in [2.05, 4.69) is 5.32 Å². The molecule has 21 heavy (non-hydrogen) atoms. The van der Waals surface area contributed by atoms with Crippen molar-refractivity contribution in [3.05, 3.63) is 29.8 Å². The lowest BCUT2D eigenvalue weighted by molar-refractivity contribution is 0.00525. The van der Waals surface area contributed by atoms with Gasteiger partial charge >= 0.3 is 0 Å². The van der Waals surface area contributed by atoms with E-state index in [9.17, 15) is 18.3 Å². The summed E-state index contributed by atoms with van der Waals surface area (Å²) in [5.74, 6) is -0.297. The first-order valence-electron chi connectivity index (χ1n) is 7.11. The third-order valence-corrected chi connectivity index (χ3v) is 5.04. The molecule has 0 aromatic heterocycles. The Bertz CT molecular complexity index is 601. The standard InChI is InChI=1S/C15H21NO4S/c1-21(19,20)13-7-5-12(6-8-13)14(17)16-11-15(18)9-3-2-4-10-15/h5-8,18H,2-4,9-11H2,1H3,(H,16,17). The predicted molar refractivity (Wildman–Crippen MR) is 79.9 cm³/mol. The van der Waals surface area contributed by atoms with E-state index < -0.39 is 15.4 Å². The van der Waals surface area contributed by atoms with Gasteiger partial charge in [-0.05, 0) is 37.1 Å². The Morgan fingerprint density at radius 1 is 1.19 bits per heavy atom. The molecule has 0 heterocycles. The number of carbonyl (C=O) groups is 1. The van der Waals surface area contributed by atoms with E-state index in [-0.39, 0.29) is 17.3 Å². The van der Waals surface area contributed by atoms with Crippen LogP contribution < -0.4 is 5.32 Å². The molecule has 1 fully saturated rings.